The molecule has 1 atom stereocenters. The van der Waals surface area contributed by atoms with Gasteiger partial charge in [0.2, 0.25) is 5.91 Å². The van der Waals surface area contributed by atoms with Gasteiger partial charge in [-0.1, -0.05) is 35.5 Å². The lowest BCUT2D eigenvalue weighted by molar-refractivity contribution is -0.131. The van der Waals surface area contributed by atoms with Crippen molar-refractivity contribution in [1.82, 2.24) is 15.0 Å². The van der Waals surface area contributed by atoms with E-state index in [1.54, 1.807) is 4.90 Å². The van der Waals surface area contributed by atoms with Crippen LogP contribution >= 0.6 is 0 Å². The Balaban J connectivity index is 1.50. The van der Waals surface area contributed by atoms with E-state index >= 15 is 0 Å². The summed E-state index contributed by atoms with van der Waals surface area (Å²) in [5.41, 5.74) is 2.16. The van der Waals surface area contributed by atoms with Gasteiger partial charge in [-0.05, 0) is 31.4 Å². The molecule has 1 aromatic carbocycles. The fourth-order valence-corrected chi connectivity index (χ4v) is 3.11. The predicted octanol–water partition coefficient (Wildman–Crippen LogP) is 2.43. The van der Waals surface area contributed by atoms with Crippen molar-refractivity contribution in [1.29, 1.82) is 0 Å². The molecule has 1 saturated heterocycles. The highest BCUT2D eigenvalue weighted by molar-refractivity contribution is 5.78. The van der Waals surface area contributed by atoms with E-state index in [0.717, 1.165) is 31.0 Å². The summed E-state index contributed by atoms with van der Waals surface area (Å²) in [6, 6.07) is 12.4. The van der Waals surface area contributed by atoms with Crippen LogP contribution in [0.2, 0.25) is 0 Å². The number of likely N-dealkylation sites (tertiary alicyclic amines) is 1. The molecule has 1 fully saturated rings. The van der Waals surface area contributed by atoms with Crippen molar-refractivity contribution >= 4 is 5.91 Å². The van der Waals surface area contributed by atoms with Crippen molar-refractivity contribution in [2.75, 3.05) is 26.7 Å². The first-order valence-electron chi connectivity index (χ1n) is 8.05. The van der Waals surface area contributed by atoms with Gasteiger partial charge >= 0.3 is 0 Å². The van der Waals surface area contributed by atoms with Crippen LogP contribution < -0.4 is 0 Å². The molecule has 0 radical (unpaired) electrons. The molecule has 2 aromatic rings. The van der Waals surface area contributed by atoms with Crippen LogP contribution in [0.5, 0.6) is 0 Å². The SMILES string of the molecule is Cc1cc(CN(C)C(=O)CN2CCC(c3ccccc3)C2)no1. The van der Waals surface area contributed by atoms with Crippen LogP contribution in [0.3, 0.4) is 0 Å². The zero-order chi connectivity index (χ0) is 16.2. The summed E-state index contributed by atoms with van der Waals surface area (Å²) in [7, 11) is 1.82. The number of hydrogen-bond donors (Lipinski definition) is 0. The summed E-state index contributed by atoms with van der Waals surface area (Å²) < 4.78 is 5.04. The van der Waals surface area contributed by atoms with E-state index in [2.05, 4.69) is 34.3 Å². The number of likely N-dealkylation sites (N-methyl/N-ethyl adjacent to an activating group) is 1. The smallest absolute Gasteiger partial charge is 0.236 e. The molecule has 122 valence electrons. The quantitative estimate of drug-likeness (QED) is 0.851. The van der Waals surface area contributed by atoms with E-state index < -0.39 is 0 Å². The molecule has 1 unspecified atom stereocenters. The van der Waals surface area contributed by atoms with Gasteiger partial charge < -0.3 is 9.42 Å². The van der Waals surface area contributed by atoms with Gasteiger partial charge in [0, 0.05) is 19.7 Å². The summed E-state index contributed by atoms with van der Waals surface area (Å²) in [6.07, 6.45) is 1.11. The molecule has 1 aromatic heterocycles. The van der Waals surface area contributed by atoms with Crippen molar-refractivity contribution in [3.05, 3.63) is 53.4 Å². The minimum atomic E-state index is 0.124. The third-order valence-corrected chi connectivity index (χ3v) is 4.40. The van der Waals surface area contributed by atoms with E-state index in [4.69, 9.17) is 4.52 Å². The monoisotopic (exact) mass is 313 g/mol. The summed E-state index contributed by atoms with van der Waals surface area (Å²) >= 11 is 0. The molecule has 1 aliphatic heterocycles. The van der Waals surface area contributed by atoms with E-state index in [0.29, 0.717) is 19.0 Å². The maximum atomic E-state index is 12.4. The normalized spacial score (nSPS) is 18.3. The Hall–Kier alpha value is -2.14. The number of benzene rings is 1. The van der Waals surface area contributed by atoms with Crippen molar-refractivity contribution in [2.45, 2.75) is 25.8 Å². The molecule has 1 aliphatic rings. The first-order valence-corrected chi connectivity index (χ1v) is 8.05. The Morgan fingerprint density at radius 3 is 2.87 bits per heavy atom. The van der Waals surface area contributed by atoms with Crippen molar-refractivity contribution < 1.29 is 9.32 Å². The minimum Gasteiger partial charge on any atom is -0.361 e. The number of nitrogens with zero attached hydrogens (tertiary/aromatic N) is 3. The number of aromatic nitrogens is 1. The second kappa shape index (κ2) is 6.96. The van der Waals surface area contributed by atoms with Gasteiger partial charge in [0.15, 0.2) is 0 Å². The molecule has 5 heteroatoms. The fourth-order valence-electron chi connectivity index (χ4n) is 3.11. The topological polar surface area (TPSA) is 49.6 Å². The molecular weight excluding hydrogens is 290 g/mol. The highest BCUT2D eigenvalue weighted by Gasteiger charge is 2.26. The summed E-state index contributed by atoms with van der Waals surface area (Å²) in [5.74, 6) is 1.43. The van der Waals surface area contributed by atoms with E-state index in [9.17, 15) is 4.79 Å². The average Bonchev–Trinajstić information content (AvgIpc) is 3.17. The molecule has 1 amide bonds. The Morgan fingerprint density at radius 1 is 1.39 bits per heavy atom. The molecule has 0 N–H and O–H groups in total. The largest absolute Gasteiger partial charge is 0.361 e. The highest BCUT2D eigenvalue weighted by atomic mass is 16.5. The maximum Gasteiger partial charge on any atom is 0.236 e. The number of rotatable bonds is 5. The van der Waals surface area contributed by atoms with Gasteiger partial charge in [0.25, 0.3) is 0 Å². The fraction of sp³-hybridized carbons (Fsp3) is 0.444. The molecule has 23 heavy (non-hydrogen) atoms. The second-order valence-electron chi connectivity index (χ2n) is 6.31. The lowest BCUT2D eigenvalue weighted by Crippen LogP contribution is -2.37. The number of hydrogen-bond acceptors (Lipinski definition) is 4. The first-order chi connectivity index (χ1) is 11.1. The molecule has 0 aliphatic carbocycles. The van der Waals surface area contributed by atoms with Crippen LogP contribution in [0.15, 0.2) is 40.9 Å². The lowest BCUT2D eigenvalue weighted by Gasteiger charge is -2.21. The molecule has 0 bridgehead atoms. The molecule has 3 rings (SSSR count). The van der Waals surface area contributed by atoms with Crippen LogP contribution in [0, 0.1) is 6.92 Å². The van der Waals surface area contributed by atoms with E-state index in [1.807, 2.05) is 26.1 Å². The standard InChI is InChI=1S/C18H23N3O2/c1-14-10-17(19-23-14)12-20(2)18(22)13-21-9-8-16(11-21)15-6-4-3-5-7-15/h3-7,10,16H,8-9,11-13H2,1-2H3. The Morgan fingerprint density at radius 2 is 2.17 bits per heavy atom. The van der Waals surface area contributed by atoms with Gasteiger partial charge in [-0.15, -0.1) is 0 Å². The number of amides is 1. The van der Waals surface area contributed by atoms with Crippen molar-refractivity contribution in [3.8, 4) is 0 Å². The van der Waals surface area contributed by atoms with Crippen LogP contribution in [0.1, 0.15) is 29.4 Å². The van der Waals surface area contributed by atoms with Gasteiger partial charge in [0.1, 0.15) is 11.5 Å². The van der Waals surface area contributed by atoms with Crippen LogP contribution in [0.4, 0.5) is 0 Å². The Labute approximate surface area is 136 Å². The van der Waals surface area contributed by atoms with E-state index in [-0.39, 0.29) is 5.91 Å². The van der Waals surface area contributed by atoms with Crippen molar-refractivity contribution in [3.63, 3.8) is 0 Å². The minimum absolute atomic E-state index is 0.124. The third-order valence-electron chi connectivity index (χ3n) is 4.40. The van der Waals surface area contributed by atoms with Gasteiger partial charge in [0.05, 0.1) is 13.1 Å². The Bertz CT molecular complexity index is 653. The summed E-state index contributed by atoms with van der Waals surface area (Å²) in [4.78, 5) is 16.3. The molecule has 5 nitrogen and oxygen atoms in total. The number of aryl methyl sites for hydroxylation is 1. The number of carbonyl (C=O) groups excluding carboxylic acids is 1. The van der Waals surface area contributed by atoms with Crippen LogP contribution in [-0.2, 0) is 11.3 Å². The molecular formula is C18H23N3O2. The summed E-state index contributed by atoms with van der Waals surface area (Å²) in [5, 5.41) is 3.94. The van der Waals surface area contributed by atoms with Gasteiger partial charge in [-0.3, -0.25) is 9.69 Å². The van der Waals surface area contributed by atoms with Gasteiger partial charge in [-0.2, -0.15) is 0 Å². The Kier molecular flexibility index (Phi) is 4.76. The predicted molar refractivity (Wildman–Crippen MR) is 88.0 cm³/mol. The highest BCUT2D eigenvalue weighted by Crippen LogP contribution is 2.26. The average molecular weight is 313 g/mol. The zero-order valence-electron chi connectivity index (χ0n) is 13.7. The van der Waals surface area contributed by atoms with Crippen LogP contribution in [0.25, 0.3) is 0 Å². The first kappa shape index (κ1) is 15.7. The molecule has 0 saturated carbocycles. The van der Waals surface area contributed by atoms with E-state index in [1.165, 1.54) is 5.56 Å². The number of carbonyl (C=O) groups is 1. The van der Waals surface area contributed by atoms with Gasteiger partial charge in [-0.25, -0.2) is 0 Å². The zero-order valence-corrected chi connectivity index (χ0v) is 13.7. The molecule has 2 heterocycles. The third kappa shape index (κ3) is 3.99. The second-order valence-corrected chi connectivity index (χ2v) is 6.31. The maximum absolute atomic E-state index is 12.4. The lowest BCUT2D eigenvalue weighted by atomic mass is 9.99. The van der Waals surface area contributed by atoms with Crippen LogP contribution in [-0.4, -0.2) is 47.5 Å². The summed E-state index contributed by atoms with van der Waals surface area (Å²) in [6.45, 7) is 4.74. The molecule has 0 spiro atoms. The van der Waals surface area contributed by atoms with Crippen molar-refractivity contribution in [2.24, 2.45) is 0 Å².